The molecule has 3 rings (SSSR count). The lowest BCUT2D eigenvalue weighted by Crippen LogP contribution is -1.99. The van der Waals surface area contributed by atoms with Gasteiger partial charge < -0.3 is 5.73 Å². The molecule has 0 atom stereocenters. The number of benzene rings is 2. The molecule has 1 aliphatic rings. The molecule has 2 aromatic rings. The van der Waals surface area contributed by atoms with Gasteiger partial charge in [0.15, 0.2) is 0 Å². The zero-order valence-electron chi connectivity index (χ0n) is 15.3. The molecule has 2 N–H and O–H groups in total. The van der Waals surface area contributed by atoms with Crippen LogP contribution in [0.1, 0.15) is 67.3 Å². The normalized spacial score (nSPS) is 13.2. The maximum Gasteiger partial charge on any atom is 0.0317 e. The van der Waals surface area contributed by atoms with Gasteiger partial charge in [0.2, 0.25) is 0 Å². The fraction of sp³-hybridized carbons (Fsp3) is 0.391. The Morgan fingerprint density at radius 1 is 0.875 bits per heavy atom. The summed E-state index contributed by atoms with van der Waals surface area (Å²) in [4.78, 5) is 0. The number of nitrogen functional groups attached to an aromatic ring is 1. The number of hydrogen-bond acceptors (Lipinski definition) is 1. The Hall–Kier alpha value is -2.02. The van der Waals surface area contributed by atoms with Crippen LogP contribution in [0.4, 0.5) is 5.69 Å². The average Bonchev–Trinajstić information content (AvgIpc) is 2.71. The molecular weight excluding hydrogens is 290 g/mol. The van der Waals surface area contributed by atoms with Crippen LogP contribution >= 0.6 is 0 Å². The van der Waals surface area contributed by atoms with Gasteiger partial charge in [-0.1, -0.05) is 62.1 Å². The van der Waals surface area contributed by atoms with Crippen LogP contribution in [0.2, 0.25) is 0 Å². The summed E-state index contributed by atoms with van der Waals surface area (Å²) in [5.41, 5.74) is 17.2. The van der Waals surface area contributed by atoms with Gasteiger partial charge in [0.25, 0.3) is 0 Å². The van der Waals surface area contributed by atoms with Crippen LogP contribution in [-0.4, -0.2) is 0 Å². The van der Waals surface area contributed by atoms with Gasteiger partial charge >= 0.3 is 0 Å². The van der Waals surface area contributed by atoms with Crippen molar-refractivity contribution in [2.24, 2.45) is 0 Å². The Morgan fingerprint density at radius 2 is 1.46 bits per heavy atom. The van der Waals surface area contributed by atoms with Crippen LogP contribution in [0.5, 0.6) is 0 Å². The van der Waals surface area contributed by atoms with E-state index in [2.05, 4.69) is 57.2 Å². The van der Waals surface area contributed by atoms with Crippen LogP contribution in [0.3, 0.4) is 0 Å². The zero-order chi connectivity index (χ0) is 17.1. The van der Waals surface area contributed by atoms with Gasteiger partial charge in [-0.05, 0) is 72.6 Å². The van der Waals surface area contributed by atoms with Gasteiger partial charge in [-0.3, -0.25) is 0 Å². The van der Waals surface area contributed by atoms with Crippen molar-refractivity contribution >= 4 is 11.3 Å². The molecular formula is C23H29N. The fourth-order valence-electron chi connectivity index (χ4n) is 4.01. The van der Waals surface area contributed by atoms with E-state index >= 15 is 0 Å². The van der Waals surface area contributed by atoms with Crippen LogP contribution in [0.15, 0.2) is 42.0 Å². The highest BCUT2D eigenvalue weighted by atomic mass is 14.5. The maximum atomic E-state index is 6.08. The molecule has 0 aromatic heterocycles. The lowest BCUT2D eigenvalue weighted by atomic mass is 9.86. The Morgan fingerprint density at radius 3 is 2.08 bits per heavy atom. The molecule has 0 fully saturated rings. The summed E-state index contributed by atoms with van der Waals surface area (Å²) in [5.74, 6) is 0. The van der Waals surface area contributed by atoms with Crippen molar-refractivity contribution in [1.82, 2.24) is 0 Å². The molecule has 0 heterocycles. The third-order valence-corrected chi connectivity index (χ3v) is 5.05. The Balaban J connectivity index is 2.29. The first-order chi connectivity index (χ1) is 11.6. The van der Waals surface area contributed by atoms with Crippen molar-refractivity contribution in [2.75, 3.05) is 5.73 Å². The summed E-state index contributed by atoms with van der Waals surface area (Å²) in [5, 5.41) is 0. The van der Waals surface area contributed by atoms with E-state index in [9.17, 15) is 0 Å². The van der Waals surface area contributed by atoms with E-state index < -0.39 is 0 Å². The number of anilines is 1. The molecule has 2 aromatic carbocycles. The molecule has 0 saturated carbocycles. The quantitative estimate of drug-likeness (QED) is 0.679. The number of allylic oxidation sites excluding steroid dienone is 1. The molecule has 0 unspecified atom stereocenters. The van der Waals surface area contributed by atoms with Crippen LogP contribution in [0, 0.1) is 6.92 Å². The minimum Gasteiger partial charge on any atom is -0.399 e. The molecule has 0 amide bonds. The lowest BCUT2D eigenvalue weighted by molar-refractivity contribution is 0.806. The van der Waals surface area contributed by atoms with E-state index in [1.165, 1.54) is 59.1 Å². The number of fused-ring (bicyclic) bond motifs is 2. The Kier molecular flexibility index (Phi) is 5.08. The largest absolute Gasteiger partial charge is 0.399 e. The average molecular weight is 319 g/mol. The SMILES string of the molecule is CCCC(CCC)=C1c2ccc(C)cc2CCc2cc(N)ccc21. The van der Waals surface area contributed by atoms with Gasteiger partial charge in [0.05, 0.1) is 0 Å². The first kappa shape index (κ1) is 16.8. The lowest BCUT2D eigenvalue weighted by Gasteiger charge is -2.19. The van der Waals surface area contributed by atoms with E-state index in [0.717, 1.165) is 18.5 Å². The van der Waals surface area contributed by atoms with E-state index in [-0.39, 0.29) is 0 Å². The molecule has 1 heteroatoms. The van der Waals surface area contributed by atoms with Crippen molar-refractivity contribution in [3.63, 3.8) is 0 Å². The second kappa shape index (κ2) is 7.25. The molecule has 0 spiro atoms. The number of nitrogens with two attached hydrogens (primary N) is 1. The number of hydrogen-bond donors (Lipinski definition) is 1. The van der Waals surface area contributed by atoms with Gasteiger partial charge in [-0.15, -0.1) is 0 Å². The summed E-state index contributed by atoms with van der Waals surface area (Å²) < 4.78 is 0. The van der Waals surface area contributed by atoms with Crippen molar-refractivity contribution in [2.45, 2.75) is 59.3 Å². The molecule has 0 bridgehead atoms. The van der Waals surface area contributed by atoms with E-state index in [1.807, 2.05) is 0 Å². The highest BCUT2D eigenvalue weighted by Gasteiger charge is 2.21. The molecule has 0 radical (unpaired) electrons. The third kappa shape index (κ3) is 3.26. The van der Waals surface area contributed by atoms with Crippen molar-refractivity contribution in [3.8, 4) is 0 Å². The molecule has 1 nitrogen and oxygen atoms in total. The first-order valence-corrected chi connectivity index (χ1v) is 9.34. The summed E-state index contributed by atoms with van der Waals surface area (Å²) >= 11 is 0. The summed E-state index contributed by atoms with van der Waals surface area (Å²) in [6, 6.07) is 13.5. The first-order valence-electron chi connectivity index (χ1n) is 9.34. The highest BCUT2D eigenvalue weighted by molar-refractivity contribution is 5.86. The van der Waals surface area contributed by atoms with Gasteiger partial charge in [-0.2, -0.15) is 0 Å². The zero-order valence-corrected chi connectivity index (χ0v) is 15.3. The van der Waals surface area contributed by atoms with E-state index in [0.29, 0.717) is 0 Å². The maximum absolute atomic E-state index is 6.08. The minimum atomic E-state index is 0.878. The van der Waals surface area contributed by atoms with Gasteiger partial charge in [-0.25, -0.2) is 0 Å². The summed E-state index contributed by atoms with van der Waals surface area (Å²) in [7, 11) is 0. The monoisotopic (exact) mass is 319 g/mol. The van der Waals surface area contributed by atoms with E-state index in [1.54, 1.807) is 5.57 Å². The molecule has 0 aliphatic heterocycles. The standard InChI is InChI=1S/C23H29N/c1-4-6-17(7-5-2)23-21-12-8-16(3)14-18(21)9-10-19-15-20(24)11-13-22(19)23/h8,11-15H,4-7,9-10,24H2,1-3H3. The van der Waals surface area contributed by atoms with Gasteiger partial charge in [0.1, 0.15) is 0 Å². The molecule has 1 aliphatic carbocycles. The van der Waals surface area contributed by atoms with Gasteiger partial charge in [0, 0.05) is 5.69 Å². The van der Waals surface area contributed by atoms with Crippen LogP contribution in [0.25, 0.3) is 5.57 Å². The van der Waals surface area contributed by atoms with Crippen molar-refractivity contribution in [3.05, 3.63) is 69.8 Å². The van der Waals surface area contributed by atoms with Crippen LogP contribution < -0.4 is 5.73 Å². The second-order valence-electron chi connectivity index (χ2n) is 7.06. The van der Waals surface area contributed by atoms with Crippen molar-refractivity contribution < 1.29 is 0 Å². The predicted molar refractivity (Wildman–Crippen MR) is 105 cm³/mol. The molecule has 24 heavy (non-hydrogen) atoms. The minimum absolute atomic E-state index is 0.878. The molecule has 126 valence electrons. The Bertz CT molecular complexity index is 704. The van der Waals surface area contributed by atoms with E-state index in [4.69, 9.17) is 5.73 Å². The number of rotatable bonds is 4. The predicted octanol–water partition coefficient (Wildman–Crippen LogP) is 6.08. The summed E-state index contributed by atoms with van der Waals surface area (Å²) in [6.07, 6.45) is 6.93. The number of aryl methyl sites for hydroxylation is 3. The van der Waals surface area contributed by atoms with Crippen LogP contribution in [-0.2, 0) is 12.8 Å². The second-order valence-corrected chi connectivity index (χ2v) is 7.06. The topological polar surface area (TPSA) is 26.0 Å². The Labute approximate surface area is 146 Å². The third-order valence-electron chi connectivity index (χ3n) is 5.05. The smallest absolute Gasteiger partial charge is 0.0317 e. The highest BCUT2D eigenvalue weighted by Crippen LogP contribution is 2.39. The fourth-order valence-corrected chi connectivity index (χ4v) is 4.01. The summed E-state index contributed by atoms with van der Waals surface area (Å²) in [6.45, 7) is 6.76. The molecule has 0 saturated heterocycles. The van der Waals surface area contributed by atoms with Crippen molar-refractivity contribution in [1.29, 1.82) is 0 Å².